The molecule has 1 aliphatic carbocycles. The summed E-state index contributed by atoms with van der Waals surface area (Å²) >= 11 is 1.92. The first-order valence-corrected chi connectivity index (χ1v) is 8.84. The Balaban J connectivity index is 2.12. The van der Waals surface area contributed by atoms with Gasteiger partial charge in [-0.15, -0.1) is 0 Å². The maximum absolute atomic E-state index is 11.2. The summed E-state index contributed by atoms with van der Waals surface area (Å²) in [5.41, 5.74) is 1.17. The zero-order valence-corrected chi connectivity index (χ0v) is 13.6. The molecule has 0 amide bonds. The second-order valence-corrected chi connectivity index (χ2v) is 7.01. The maximum Gasteiger partial charge on any atom is 0.335 e. The molecule has 0 saturated heterocycles. The van der Waals surface area contributed by atoms with E-state index in [1.54, 1.807) is 12.1 Å². The van der Waals surface area contributed by atoms with Crippen LogP contribution in [-0.4, -0.2) is 33.6 Å². The van der Waals surface area contributed by atoms with Crippen LogP contribution in [-0.2, 0) is 6.42 Å². The van der Waals surface area contributed by atoms with Crippen LogP contribution in [0.2, 0.25) is 0 Å². The number of carboxylic acid groups (broad SMARTS) is 1. The van der Waals surface area contributed by atoms with Crippen LogP contribution in [0.3, 0.4) is 0 Å². The van der Waals surface area contributed by atoms with Gasteiger partial charge in [-0.3, -0.25) is 0 Å². The van der Waals surface area contributed by atoms with Crippen molar-refractivity contribution in [3.8, 4) is 0 Å². The Morgan fingerprint density at radius 3 is 2.71 bits per heavy atom. The van der Waals surface area contributed by atoms with Gasteiger partial charge in [-0.2, -0.15) is 11.8 Å². The number of hydrogen-bond acceptors (Lipinski definition) is 4. The van der Waals surface area contributed by atoms with E-state index in [2.05, 4.69) is 23.5 Å². The summed E-state index contributed by atoms with van der Waals surface area (Å²) < 4.78 is 0.284. The molecule has 0 unspecified atom stereocenters. The van der Waals surface area contributed by atoms with Crippen LogP contribution in [0.25, 0.3) is 0 Å². The number of hydrogen-bond donors (Lipinski definition) is 2. The highest BCUT2D eigenvalue weighted by Gasteiger charge is 2.32. The number of nitrogens with zero attached hydrogens (tertiary/aromatic N) is 1. The molecule has 1 heterocycles. The Kier molecular flexibility index (Phi) is 5.51. The van der Waals surface area contributed by atoms with Gasteiger partial charge in [-0.25, -0.2) is 9.78 Å². The first kappa shape index (κ1) is 16.1. The van der Waals surface area contributed by atoms with E-state index in [-0.39, 0.29) is 4.75 Å². The van der Waals surface area contributed by atoms with Crippen molar-refractivity contribution < 1.29 is 9.90 Å². The molecule has 0 atom stereocenters. The minimum atomic E-state index is -0.891. The molecule has 1 aromatic heterocycles. The quantitative estimate of drug-likeness (QED) is 0.802. The summed E-state index contributed by atoms with van der Waals surface area (Å²) in [6.45, 7) is 2.93. The van der Waals surface area contributed by atoms with Gasteiger partial charge in [0, 0.05) is 17.0 Å². The van der Waals surface area contributed by atoms with E-state index in [1.807, 2.05) is 11.8 Å². The van der Waals surface area contributed by atoms with Crippen molar-refractivity contribution >= 4 is 23.5 Å². The summed E-state index contributed by atoms with van der Waals surface area (Å²) in [5.74, 6) is -0.197. The maximum atomic E-state index is 11.2. The third kappa shape index (κ3) is 4.13. The zero-order valence-electron chi connectivity index (χ0n) is 12.8. The van der Waals surface area contributed by atoms with E-state index in [1.165, 1.54) is 25.7 Å². The Hall–Kier alpha value is -1.23. The summed E-state index contributed by atoms with van der Waals surface area (Å²) in [6, 6.07) is 3.32. The molecule has 2 N–H and O–H groups in total. The van der Waals surface area contributed by atoms with Gasteiger partial charge in [-0.1, -0.05) is 26.2 Å². The van der Waals surface area contributed by atoms with Crippen molar-refractivity contribution in [3.63, 3.8) is 0 Å². The minimum Gasteiger partial charge on any atom is -0.478 e. The molecule has 0 aliphatic heterocycles. The summed E-state index contributed by atoms with van der Waals surface area (Å²) in [7, 11) is 0. The zero-order chi connectivity index (χ0) is 15.3. The van der Waals surface area contributed by atoms with Gasteiger partial charge >= 0.3 is 5.97 Å². The molecule has 21 heavy (non-hydrogen) atoms. The number of rotatable bonds is 7. The standard InChI is InChI=1S/C16H24N2O2S/c1-3-6-13-9-12(15(19)20)10-14(18-13)17-11-16(21-2)7-4-5-8-16/h9-10H,3-8,11H2,1-2H3,(H,17,18)(H,19,20). The highest BCUT2D eigenvalue weighted by atomic mass is 32.2. The predicted octanol–water partition coefficient (Wildman–Crippen LogP) is 3.82. The number of carbonyl (C=O) groups is 1. The van der Waals surface area contributed by atoms with E-state index in [9.17, 15) is 9.90 Å². The van der Waals surface area contributed by atoms with E-state index < -0.39 is 5.97 Å². The first-order valence-electron chi connectivity index (χ1n) is 7.62. The van der Waals surface area contributed by atoms with Crippen LogP contribution in [0.4, 0.5) is 5.82 Å². The molecular weight excluding hydrogens is 284 g/mol. The Morgan fingerprint density at radius 1 is 1.43 bits per heavy atom. The van der Waals surface area contributed by atoms with Crippen LogP contribution in [0.1, 0.15) is 55.1 Å². The minimum absolute atomic E-state index is 0.284. The lowest BCUT2D eigenvalue weighted by Crippen LogP contribution is -2.30. The van der Waals surface area contributed by atoms with E-state index in [0.29, 0.717) is 11.4 Å². The van der Waals surface area contributed by atoms with Gasteiger partial charge in [0.25, 0.3) is 0 Å². The van der Waals surface area contributed by atoms with E-state index >= 15 is 0 Å². The van der Waals surface area contributed by atoms with Crippen LogP contribution in [0.15, 0.2) is 12.1 Å². The Labute approximate surface area is 130 Å². The van der Waals surface area contributed by atoms with Crippen molar-refractivity contribution in [1.82, 2.24) is 4.98 Å². The van der Waals surface area contributed by atoms with Gasteiger partial charge in [0.15, 0.2) is 0 Å². The summed E-state index contributed by atoms with van der Waals surface area (Å²) in [4.78, 5) is 15.8. The topological polar surface area (TPSA) is 62.2 Å². The van der Waals surface area contributed by atoms with Gasteiger partial charge in [0.2, 0.25) is 0 Å². The van der Waals surface area contributed by atoms with Crippen molar-refractivity contribution in [2.45, 2.75) is 50.2 Å². The number of nitrogens with one attached hydrogen (secondary N) is 1. The van der Waals surface area contributed by atoms with Crippen LogP contribution in [0.5, 0.6) is 0 Å². The monoisotopic (exact) mass is 308 g/mol. The highest BCUT2D eigenvalue weighted by Crippen LogP contribution is 2.40. The molecule has 0 radical (unpaired) electrons. The molecule has 0 aromatic carbocycles. The molecule has 5 heteroatoms. The number of aromatic nitrogens is 1. The number of anilines is 1. The fourth-order valence-electron chi connectivity index (χ4n) is 2.91. The molecule has 0 bridgehead atoms. The highest BCUT2D eigenvalue weighted by molar-refractivity contribution is 8.00. The van der Waals surface area contributed by atoms with Gasteiger partial charge in [-0.05, 0) is 37.7 Å². The van der Waals surface area contributed by atoms with Crippen molar-refractivity contribution in [2.75, 3.05) is 18.1 Å². The lowest BCUT2D eigenvalue weighted by atomic mass is 10.1. The SMILES string of the molecule is CCCc1cc(C(=O)O)cc(NCC2(SC)CCCC2)n1. The average Bonchev–Trinajstić information content (AvgIpc) is 2.95. The molecule has 1 aromatic rings. The van der Waals surface area contributed by atoms with Crippen LogP contribution in [0, 0.1) is 0 Å². The molecular formula is C16H24N2O2S. The number of aromatic carboxylic acids is 1. The summed E-state index contributed by atoms with van der Waals surface area (Å²) in [5, 5.41) is 12.6. The molecule has 0 spiro atoms. The molecule has 1 aliphatic rings. The molecule has 2 rings (SSSR count). The van der Waals surface area contributed by atoms with E-state index in [0.717, 1.165) is 25.1 Å². The van der Waals surface area contributed by atoms with Gasteiger partial charge < -0.3 is 10.4 Å². The van der Waals surface area contributed by atoms with Gasteiger partial charge in [0.05, 0.1) is 5.56 Å². The average molecular weight is 308 g/mol. The molecule has 1 saturated carbocycles. The molecule has 1 fully saturated rings. The van der Waals surface area contributed by atoms with Crippen molar-refractivity contribution in [1.29, 1.82) is 0 Å². The lowest BCUT2D eigenvalue weighted by molar-refractivity contribution is 0.0696. The number of carboxylic acids is 1. The predicted molar refractivity (Wildman–Crippen MR) is 88.4 cm³/mol. The van der Waals surface area contributed by atoms with Crippen LogP contribution < -0.4 is 5.32 Å². The number of pyridine rings is 1. The van der Waals surface area contributed by atoms with Crippen molar-refractivity contribution in [2.24, 2.45) is 0 Å². The Morgan fingerprint density at radius 2 is 2.14 bits per heavy atom. The largest absolute Gasteiger partial charge is 0.478 e. The van der Waals surface area contributed by atoms with Crippen molar-refractivity contribution in [3.05, 3.63) is 23.4 Å². The second kappa shape index (κ2) is 7.16. The third-order valence-electron chi connectivity index (χ3n) is 4.17. The Bertz CT molecular complexity index is 499. The number of aryl methyl sites for hydroxylation is 1. The normalized spacial score (nSPS) is 16.9. The third-order valence-corrected chi connectivity index (χ3v) is 5.59. The molecule has 4 nitrogen and oxygen atoms in total. The fourth-order valence-corrected chi connectivity index (χ4v) is 3.82. The second-order valence-electron chi connectivity index (χ2n) is 5.74. The van der Waals surface area contributed by atoms with E-state index in [4.69, 9.17) is 0 Å². The first-order chi connectivity index (χ1) is 10.1. The smallest absolute Gasteiger partial charge is 0.335 e. The summed E-state index contributed by atoms with van der Waals surface area (Å²) in [6.07, 6.45) is 8.95. The molecule has 116 valence electrons. The van der Waals surface area contributed by atoms with Crippen LogP contribution >= 0.6 is 11.8 Å². The fraction of sp³-hybridized carbons (Fsp3) is 0.625. The van der Waals surface area contributed by atoms with Gasteiger partial charge in [0.1, 0.15) is 5.82 Å². The number of thioether (sulfide) groups is 1. The lowest BCUT2D eigenvalue weighted by Gasteiger charge is -2.27.